The van der Waals surface area contributed by atoms with Crippen molar-refractivity contribution in [2.24, 2.45) is 5.92 Å². The van der Waals surface area contributed by atoms with Crippen LogP contribution in [0.2, 0.25) is 0 Å². The Morgan fingerprint density at radius 1 is 1.18 bits per heavy atom. The Kier molecular flexibility index (Phi) is 3.18. The fourth-order valence-electron chi connectivity index (χ4n) is 2.46. The lowest BCUT2D eigenvalue weighted by Crippen LogP contribution is -2.52. The van der Waals surface area contributed by atoms with Crippen LogP contribution in [-0.4, -0.2) is 36.3 Å². The first-order valence-corrected chi connectivity index (χ1v) is 6.03. The monoisotopic (exact) mass is 243 g/mol. The summed E-state index contributed by atoms with van der Waals surface area (Å²) in [4.78, 5) is 0. The molecule has 0 aromatic carbocycles. The quantitative estimate of drug-likeness (QED) is 0.564. The number of hydrogen-bond acceptors (Lipinski definition) is 5. The van der Waals surface area contributed by atoms with Crippen LogP contribution in [0.25, 0.3) is 0 Å². The minimum atomic E-state index is -0.574. The third-order valence-electron chi connectivity index (χ3n) is 3.22. The summed E-state index contributed by atoms with van der Waals surface area (Å²) in [5.41, 5.74) is 0. The third kappa shape index (κ3) is 2.46. The summed E-state index contributed by atoms with van der Waals surface area (Å²) in [5.74, 6) is -0.375. The molecular weight excluding hydrogens is 222 g/mol. The Balaban J connectivity index is 2.12. The van der Waals surface area contributed by atoms with Gasteiger partial charge in [-0.3, -0.25) is 5.41 Å². The highest BCUT2D eigenvalue weighted by atomic mass is 16.8. The van der Waals surface area contributed by atoms with Crippen LogP contribution >= 0.6 is 0 Å². The molecule has 2 unspecified atom stereocenters. The average molecular weight is 243 g/mol. The topological polar surface area (TPSA) is 60.8 Å². The number of nitrogens with one attached hydrogen (secondary N) is 1. The van der Waals surface area contributed by atoms with E-state index in [2.05, 4.69) is 0 Å². The largest absolute Gasteiger partial charge is 0.452 e. The zero-order valence-corrected chi connectivity index (χ0v) is 11.0. The highest BCUT2D eigenvalue weighted by molar-refractivity contribution is 5.69. The Bertz CT molecular complexity index is 318. The summed E-state index contributed by atoms with van der Waals surface area (Å²) >= 11 is 0. The van der Waals surface area contributed by atoms with E-state index in [0.717, 1.165) is 0 Å². The number of ether oxygens (including phenoxy) is 4. The average Bonchev–Trinajstić information content (AvgIpc) is 2.50. The zero-order valence-electron chi connectivity index (χ0n) is 11.0. The van der Waals surface area contributed by atoms with Crippen molar-refractivity contribution in [3.8, 4) is 0 Å². The maximum atomic E-state index is 7.38. The molecule has 2 aliphatic rings. The zero-order chi connectivity index (χ0) is 12.8. The van der Waals surface area contributed by atoms with Gasteiger partial charge in [0, 0.05) is 12.8 Å². The number of rotatable bonds is 1. The molecule has 5 heteroatoms. The van der Waals surface area contributed by atoms with Crippen molar-refractivity contribution in [3.05, 3.63) is 0 Å². The molecule has 2 saturated heterocycles. The highest BCUT2D eigenvalue weighted by Crippen LogP contribution is 2.40. The van der Waals surface area contributed by atoms with Crippen LogP contribution in [0.5, 0.6) is 0 Å². The van der Waals surface area contributed by atoms with Crippen LogP contribution in [0.1, 0.15) is 34.6 Å². The van der Waals surface area contributed by atoms with Gasteiger partial charge in [0.25, 0.3) is 0 Å². The molecule has 0 bridgehead atoms. The van der Waals surface area contributed by atoms with Gasteiger partial charge in [-0.05, 0) is 20.8 Å². The van der Waals surface area contributed by atoms with Gasteiger partial charge in [-0.25, -0.2) is 0 Å². The molecule has 0 aliphatic carbocycles. The van der Waals surface area contributed by atoms with Crippen LogP contribution in [0.4, 0.5) is 0 Å². The first kappa shape index (κ1) is 12.8. The molecule has 17 heavy (non-hydrogen) atoms. The smallest absolute Gasteiger partial charge is 0.206 e. The van der Waals surface area contributed by atoms with Crippen molar-refractivity contribution in [2.75, 3.05) is 0 Å². The van der Waals surface area contributed by atoms with Crippen molar-refractivity contribution in [2.45, 2.75) is 65.0 Å². The summed E-state index contributed by atoms with van der Waals surface area (Å²) in [7, 11) is 0. The molecule has 5 atom stereocenters. The Morgan fingerprint density at radius 2 is 1.76 bits per heavy atom. The van der Waals surface area contributed by atoms with E-state index in [0.29, 0.717) is 0 Å². The highest BCUT2D eigenvalue weighted by Gasteiger charge is 2.53. The van der Waals surface area contributed by atoms with E-state index in [-0.39, 0.29) is 30.1 Å². The summed E-state index contributed by atoms with van der Waals surface area (Å²) in [6.45, 7) is 9.36. The maximum Gasteiger partial charge on any atom is 0.206 e. The minimum Gasteiger partial charge on any atom is -0.452 e. The second kappa shape index (κ2) is 4.23. The molecule has 98 valence electrons. The SMILES string of the molecule is CC(=N)O[C@H]1OC(C)[C@H]2OC(C)(C)OC2[C@H]1C. The van der Waals surface area contributed by atoms with Crippen LogP contribution < -0.4 is 0 Å². The molecule has 0 saturated carbocycles. The number of hydrogen-bond donors (Lipinski definition) is 1. The third-order valence-corrected chi connectivity index (χ3v) is 3.22. The molecule has 0 spiro atoms. The molecule has 0 amide bonds. The molecule has 0 radical (unpaired) electrons. The molecule has 2 fully saturated rings. The fraction of sp³-hybridized carbons (Fsp3) is 0.917. The van der Waals surface area contributed by atoms with Crippen molar-refractivity contribution in [1.82, 2.24) is 0 Å². The molecule has 2 rings (SSSR count). The van der Waals surface area contributed by atoms with Crippen molar-refractivity contribution in [1.29, 1.82) is 5.41 Å². The normalized spacial score (nSPS) is 44.2. The molecular formula is C12H21NO4. The van der Waals surface area contributed by atoms with Gasteiger partial charge < -0.3 is 18.9 Å². The van der Waals surface area contributed by atoms with E-state index in [1.54, 1.807) is 6.92 Å². The van der Waals surface area contributed by atoms with E-state index in [1.807, 2.05) is 27.7 Å². The summed E-state index contributed by atoms with van der Waals surface area (Å²) in [5, 5.41) is 7.38. The second-order valence-corrected chi connectivity index (χ2v) is 5.31. The Hall–Kier alpha value is -0.650. The van der Waals surface area contributed by atoms with Crippen LogP contribution in [0, 0.1) is 11.3 Å². The van der Waals surface area contributed by atoms with Gasteiger partial charge in [0.2, 0.25) is 6.29 Å². The van der Waals surface area contributed by atoms with Crippen molar-refractivity contribution in [3.63, 3.8) is 0 Å². The van der Waals surface area contributed by atoms with Crippen LogP contribution in [0.15, 0.2) is 0 Å². The second-order valence-electron chi connectivity index (χ2n) is 5.31. The van der Waals surface area contributed by atoms with Crippen molar-refractivity contribution >= 4 is 5.90 Å². The first-order valence-electron chi connectivity index (χ1n) is 6.03. The minimum absolute atomic E-state index is 0.0401. The van der Waals surface area contributed by atoms with E-state index < -0.39 is 12.1 Å². The predicted molar refractivity (Wildman–Crippen MR) is 61.8 cm³/mol. The molecule has 0 aromatic heterocycles. The van der Waals surface area contributed by atoms with Gasteiger partial charge in [0.05, 0.1) is 12.2 Å². The van der Waals surface area contributed by atoms with Gasteiger partial charge in [0.1, 0.15) is 6.10 Å². The van der Waals surface area contributed by atoms with Crippen molar-refractivity contribution < 1.29 is 18.9 Å². The Labute approximate surface area is 102 Å². The summed E-state index contributed by atoms with van der Waals surface area (Å²) in [6, 6.07) is 0. The van der Waals surface area contributed by atoms with Gasteiger partial charge in [-0.2, -0.15) is 0 Å². The maximum absolute atomic E-state index is 7.38. The summed E-state index contributed by atoms with van der Waals surface area (Å²) in [6.07, 6.45) is -0.632. The van der Waals surface area contributed by atoms with Crippen LogP contribution in [-0.2, 0) is 18.9 Å². The van der Waals surface area contributed by atoms with E-state index in [4.69, 9.17) is 24.4 Å². The van der Waals surface area contributed by atoms with Crippen LogP contribution in [0.3, 0.4) is 0 Å². The lowest BCUT2D eigenvalue weighted by molar-refractivity contribution is -0.224. The molecule has 2 aliphatic heterocycles. The van der Waals surface area contributed by atoms with Gasteiger partial charge in [0.15, 0.2) is 11.7 Å². The molecule has 0 aromatic rings. The lowest BCUT2D eigenvalue weighted by atomic mass is 9.93. The fourth-order valence-corrected chi connectivity index (χ4v) is 2.46. The predicted octanol–water partition coefficient (Wildman–Crippen LogP) is 1.90. The van der Waals surface area contributed by atoms with Gasteiger partial charge in [-0.1, -0.05) is 6.92 Å². The van der Waals surface area contributed by atoms with E-state index >= 15 is 0 Å². The first-order chi connectivity index (χ1) is 7.80. The van der Waals surface area contributed by atoms with Gasteiger partial charge in [-0.15, -0.1) is 0 Å². The lowest BCUT2D eigenvalue weighted by Gasteiger charge is -2.39. The van der Waals surface area contributed by atoms with E-state index in [1.165, 1.54) is 0 Å². The molecule has 2 heterocycles. The van der Waals surface area contributed by atoms with Gasteiger partial charge >= 0.3 is 0 Å². The standard InChI is InChI=1S/C12H21NO4/c1-6-9-10(17-12(4,5)16-9)7(2)14-11(6)15-8(3)13/h6-7,9-11,13H,1-5H3/t6-,7?,9?,10-,11-/m1/s1. The van der Waals surface area contributed by atoms with E-state index in [9.17, 15) is 0 Å². The molecule has 5 nitrogen and oxygen atoms in total. The molecule has 1 N–H and O–H groups in total. The summed E-state index contributed by atoms with van der Waals surface area (Å²) < 4.78 is 22.9. The Morgan fingerprint density at radius 3 is 2.35 bits per heavy atom. The number of fused-ring (bicyclic) bond motifs is 1.